The summed E-state index contributed by atoms with van der Waals surface area (Å²) in [7, 11) is -1.18. The largest absolute Gasteiger partial charge is 0.497 e. The summed E-state index contributed by atoms with van der Waals surface area (Å²) in [4.78, 5) is 27.6. The van der Waals surface area contributed by atoms with Crippen LogP contribution >= 0.6 is 0 Å². The average Bonchev–Trinajstić information content (AvgIpc) is 2.83. The molecule has 0 aliphatic rings. The van der Waals surface area contributed by atoms with Crippen LogP contribution in [0.5, 0.6) is 11.5 Å². The molecule has 11 heteroatoms. The predicted octanol–water partition coefficient (Wildman–Crippen LogP) is 2.80. The molecule has 0 radical (unpaired) electrons. The molecule has 2 aromatic carbocycles. The maximum atomic E-state index is 14.5. The first-order chi connectivity index (χ1) is 16.9. The fourth-order valence-corrected chi connectivity index (χ4v) is 4.28. The minimum Gasteiger partial charge on any atom is -0.497 e. The Morgan fingerprint density at radius 1 is 1.06 bits per heavy atom. The van der Waals surface area contributed by atoms with E-state index in [1.54, 1.807) is 12.1 Å². The van der Waals surface area contributed by atoms with Gasteiger partial charge in [0.15, 0.2) is 0 Å². The topological polar surface area (TPSA) is 105 Å². The number of nitrogens with zero attached hydrogens (tertiary/aromatic N) is 2. The van der Waals surface area contributed by atoms with Crippen molar-refractivity contribution < 1.29 is 31.9 Å². The van der Waals surface area contributed by atoms with Gasteiger partial charge in [0.05, 0.1) is 26.2 Å². The molecule has 0 bridgehead atoms. The fourth-order valence-electron chi connectivity index (χ4n) is 3.43. The van der Waals surface area contributed by atoms with E-state index < -0.39 is 40.2 Å². The summed E-state index contributed by atoms with van der Waals surface area (Å²) < 4.78 is 51.4. The molecule has 1 atom stereocenters. The third kappa shape index (κ3) is 7.58. The second kappa shape index (κ2) is 12.6. The van der Waals surface area contributed by atoms with Crippen LogP contribution in [0.2, 0.25) is 0 Å². The van der Waals surface area contributed by atoms with Crippen LogP contribution in [0.15, 0.2) is 42.5 Å². The van der Waals surface area contributed by atoms with Gasteiger partial charge < -0.3 is 19.7 Å². The highest BCUT2D eigenvalue weighted by Gasteiger charge is 2.31. The molecule has 2 aromatic rings. The molecule has 198 valence electrons. The van der Waals surface area contributed by atoms with Gasteiger partial charge in [-0.05, 0) is 31.0 Å². The van der Waals surface area contributed by atoms with Crippen LogP contribution in [0, 0.1) is 11.7 Å². The van der Waals surface area contributed by atoms with Crippen molar-refractivity contribution in [2.24, 2.45) is 5.92 Å². The van der Waals surface area contributed by atoms with Crippen molar-refractivity contribution in [1.82, 2.24) is 10.2 Å². The van der Waals surface area contributed by atoms with Gasteiger partial charge in [-0.2, -0.15) is 0 Å². The molecular weight excluding hydrogens is 489 g/mol. The standard InChI is InChI=1S/C25H34FN3O6S/c1-17(2)14-27-25(31)18(3)28(15-19-9-7-8-10-21(19)26)24(30)16-29(36(6,32)33)22-13-20(34-4)11-12-23(22)35-5/h7-13,17-18H,14-16H2,1-6H3,(H,27,31)/t18-/m0/s1. The van der Waals surface area contributed by atoms with Crippen LogP contribution in [-0.2, 0) is 26.2 Å². The number of carbonyl (C=O) groups excluding carboxylic acids is 2. The third-order valence-corrected chi connectivity index (χ3v) is 6.61. The molecule has 1 N–H and O–H groups in total. The van der Waals surface area contributed by atoms with Crippen molar-refractivity contribution in [2.75, 3.05) is 37.9 Å². The zero-order valence-corrected chi connectivity index (χ0v) is 22.3. The molecule has 36 heavy (non-hydrogen) atoms. The van der Waals surface area contributed by atoms with E-state index in [4.69, 9.17) is 9.47 Å². The number of hydrogen-bond donors (Lipinski definition) is 1. The predicted molar refractivity (Wildman–Crippen MR) is 136 cm³/mol. The molecule has 0 aromatic heterocycles. The van der Waals surface area contributed by atoms with Gasteiger partial charge in [0.25, 0.3) is 0 Å². The number of nitrogens with one attached hydrogen (secondary N) is 1. The van der Waals surface area contributed by atoms with Crippen LogP contribution in [0.3, 0.4) is 0 Å². The maximum absolute atomic E-state index is 14.5. The SMILES string of the molecule is COc1ccc(OC)c(N(CC(=O)N(Cc2ccccc2F)[C@@H](C)C(=O)NCC(C)C)S(C)(=O)=O)c1. The summed E-state index contributed by atoms with van der Waals surface area (Å²) in [6.07, 6.45) is 0.958. The minimum absolute atomic E-state index is 0.0930. The quantitative estimate of drug-likeness (QED) is 0.459. The monoisotopic (exact) mass is 523 g/mol. The van der Waals surface area contributed by atoms with Crippen LogP contribution in [0.25, 0.3) is 0 Å². The van der Waals surface area contributed by atoms with Crippen molar-refractivity contribution in [2.45, 2.75) is 33.4 Å². The average molecular weight is 524 g/mol. The van der Waals surface area contributed by atoms with Crippen molar-refractivity contribution in [3.8, 4) is 11.5 Å². The van der Waals surface area contributed by atoms with Gasteiger partial charge in [-0.25, -0.2) is 12.8 Å². The first-order valence-electron chi connectivity index (χ1n) is 11.4. The van der Waals surface area contributed by atoms with E-state index in [9.17, 15) is 22.4 Å². The molecular formula is C25H34FN3O6S. The summed E-state index contributed by atoms with van der Waals surface area (Å²) in [5, 5.41) is 2.77. The summed E-state index contributed by atoms with van der Waals surface area (Å²) in [5.41, 5.74) is 0.287. The molecule has 0 fully saturated rings. The summed E-state index contributed by atoms with van der Waals surface area (Å²) in [6, 6.07) is 9.46. The summed E-state index contributed by atoms with van der Waals surface area (Å²) >= 11 is 0. The Kier molecular flexibility index (Phi) is 10.1. The molecule has 2 amide bonds. The van der Waals surface area contributed by atoms with Gasteiger partial charge in [-0.1, -0.05) is 32.0 Å². The summed E-state index contributed by atoms with van der Waals surface area (Å²) in [6.45, 7) is 4.90. The second-order valence-electron chi connectivity index (χ2n) is 8.74. The lowest BCUT2D eigenvalue weighted by Crippen LogP contribution is -2.51. The normalized spacial score (nSPS) is 12.1. The van der Waals surface area contributed by atoms with E-state index in [2.05, 4.69) is 5.32 Å². The lowest BCUT2D eigenvalue weighted by Gasteiger charge is -2.32. The zero-order chi connectivity index (χ0) is 27.0. The number of carbonyl (C=O) groups is 2. The van der Waals surface area contributed by atoms with E-state index in [0.717, 1.165) is 10.6 Å². The van der Waals surface area contributed by atoms with Gasteiger partial charge in [0.2, 0.25) is 21.8 Å². The van der Waals surface area contributed by atoms with Crippen molar-refractivity contribution in [3.05, 3.63) is 53.8 Å². The van der Waals surface area contributed by atoms with Gasteiger partial charge in [0.1, 0.15) is 29.9 Å². The van der Waals surface area contributed by atoms with E-state index in [-0.39, 0.29) is 29.5 Å². The number of rotatable bonds is 12. The van der Waals surface area contributed by atoms with Gasteiger partial charge in [0, 0.05) is 24.7 Å². The van der Waals surface area contributed by atoms with E-state index in [0.29, 0.717) is 12.3 Å². The van der Waals surface area contributed by atoms with E-state index in [1.807, 2.05) is 13.8 Å². The van der Waals surface area contributed by atoms with Crippen molar-refractivity contribution in [1.29, 1.82) is 0 Å². The minimum atomic E-state index is -3.98. The number of benzene rings is 2. The van der Waals surface area contributed by atoms with Crippen molar-refractivity contribution >= 4 is 27.5 Å². The number of hydrogen-bond acceptors (Lipinski definition) is 6. The number of amides is 2. The number of anilines is 1. The Bertz CT molecular complexity index is 1170. The highest BCUT2D eigenvalue weighted by Crippen LogP contribution is 2.34. The molecule has 9 nitrogen and oxygen atoms in total. The van der Waals surface area contributed by atoms with Gasteiger partial charge in [-0.3, -0.25) is 13.9 Å². The van der Waals surface area contributed by atoms with Crippen LogP contribution in [-0.4, -0.2) is 64.7 Å². The number of halogens is 1. The summed E-state index contributed by atoms with van der Waals surface area (Å²) in [5.74, 6) is -0.925. The number of ether oxygens (including phenoxy) is 2. The van der Waals surface area contributed by atoms with E-state index >= 15 is 0 Å². The maximum Gasteiger partial charge on any atom is 0.244 e. The lowest BCUT2D eigenvalue weighted by atomic mass is 10.1. The fraction of sp³-hybridized carbons (Fsp3) is 0.440. The molecule has 0 heterocycles. The smallest absolute Gasteiger partial charge is 0.244 e. The molecule has 0 saturated heterocycles. The Morgan fingerprint density at radius 3 is 2.28 bits per heavy atom. The Labute approximate surface area is 212 Å². The second-order valence-corrected chi connectivity index (χ2v) is 10.6. The van der Waals surface area contributed by atoms with Crippen LogP contribution in [0.1, 0.15) is 26.3 Å². The Morgan fingerprint density at radius 2 is 1.72 bits per heavy atom. The van der Waals surface area contributed by atoms with Crippen LogP contribution < -0.4 is 19.1 Å². The number of sulfonamides is 1. The highest BCUT2D eigenvalue weighted by molar-refractivity contribution is 7.92. The van der Waals surface area contributed by atoms with Gasteiger partial charge in [-0.15, -0.1) is 0 Å². The molecule has 2 rings (SSSR count). The molecule has 0 aliphatic heterocycles. The van der Waals surface area contributed by atoms with E-state index in [1.165, 1.54) is 56.4 Å². The molecule has 0 unspecified atom stereocenters. The zero-order valence-electron chi connectivity index (χ0n) is 21.4. The first-order valence-corrected chi connectivity index (χ1v) is 13.2. The van der Waals surface area contributed by atoms with Gasteiger partial charge >= 0.3 is 0 Å². The first kappa shape index (κ1) is 28.9. The third-order valence-electron chi connectivity index (χ3n) is 5.48. The lowest BCUT2D eigenvalue weighted by molar-refractivity contribution is -0.139. The Balaban J connectivity index is 2.47. The van der Waals surface area contributed by atoms with Crippen molar-refractivity contribution in [3.63, 3.8) is 0 Å². The van der Waals surface area contributed by atoms with Crippen LogP contribution in [0.4, 0.5) is 10.1 Å². The Hall–Kier alpha value is -3.34. The molecule has 0 spiro atoms. The molecule has 0 aliphatic carbocycles. The number of methoxy groups -OCH3 is 2. The highest BCUT2D eigenvalue weighted by atomic mass is 32.2. The molecule has 0 saturated carbocycles.